The number of hydrogen-bond donors (Lipinski definition) is 1. The summed E-state index contributed by atoms with van der Waals surface area (Å²) in [5.41, 5.74) is 1.86. The molecule has 0 unspecified atom stereocenters. The van der Waals surface area contributed by atoms with Crippen LogP contribution in [0, 0.1) is 17.0 Å². The Morgan fingerprint density at radius 2 is 1.96 bits per heavy atom. The van der Waals surface area contributed by atoms with Crippen molar-refractivity contribution in [1.29, 1.82) is 0 Å². The van der Waals surface area contributed by atoms with E-state index in [2.05, 4.69) is 39.6 Å². The van der Waals surface area contributed by atoms with Gasteiger partial charge in [0.2, 0.25) is 5.82 Å². The number of rotatable bonds is 5. The second kappa shape index (κ2) is 7.00. The normalized spacial score (nSPS) is 16.2. The Morgan fingerprint density at radius 3 is 2.58 bits per heavy atom. The summed E-state index contributed by atoms with van der Waals surface area (Å²) >= 11 is 0. The first kappa shape index (κ1) is 16.4. The predicted molar refractivity (Wildman–Crippen MR) is 93.0 cm³/mol. The van der Waals surface area contributed by atoms with Gasteiger partial charge in [0.05, 0.1) is 4.92 Å². The number of hydrogen-bond acceptors (Lipinski definition) is 5. The molecule has 0 aliphatic carbocycles. The second-order valence-electron chi connectivity index (χ2n) is 6.34. The summed E-state index contributed by atoms with van der Waals surface area (Å²) < 4.78 is 1.57. The minimum atomic E-state index is -0.352. The molecule has 0 radical (unpaired) electrons. The SMILES string of the molecule is Cc1nn(C)c(NC2CCN(Cc3ccccc3)CC2)c1[N+](=O)[O-]. The molecular formula is C17H23N5O2. The molecule has 0 bridgehead atoms. The van der Waals surface area contributed by atoms with Crippen LogP contribution in [0.5, 0.6) is 0 Å². The average Bonchev–Trinajstić information content (AvgIpc) is 2.84. The lowest BCUT2D eigenvalue weighted by Gasteiger charge is -2.32. The molecule has 7 heteroatoms. The zero-order valence-corrected chi connectivity index (χ0v) is 14.1. The topological polar surface area (TPSA) is 76.2 Å². The number of nitrogens with zero attached hydrogens (tertiary/aromatic N) is 4. The molecule has 1 aliphatic rings. The number of nitrogens with one attached hydrogen (secondary N) is 1. The standard InChI is InChI=1S/C17H23N5O2/c1-13-16(22(23)24)17(20(2)19-13)18-15-8-10-21(11-9-15)12-14-6-4-3-5-7-14/h3-7,15,18H,8-12H2,1-2H3. The summed E-state index contributed by atoms with van der Waals surface area (Å²) in [7, 11) is 1.74. The Labute approximate surface area is 141 Å². The fourth-order valence-electron chi connectivity index (χ4n) is 3.30. The highest BCUT2D eigenvalue weighted by Crippen LogP contribution is 2.29. The molecule has 0 atom stereocenters. The third-order valence-electron chi connectivity index (χ3n) is 4.55. The van der Waals surface area contributed by atoms with Crippen LogP contribution in [-0.2, 0) is 13.6 Å². The first-order valence-corrected chi connectivity index (χ1v) is 8.25. The number of aromatic nitrogens is 2. The monoisotopic (exact) mass is 329 g/mol. The maximum absolute atomic E-state index is 11.3. The predicted octanol–water partition coefficient (Wildman–Crippen LogP) is 2.71. The van der Waals surface area contributed by atoms with E-state index < -0.39 is 0 Å². The number of anilines is 1. The van der Waals surface area contributed by atoms with Gasteiger partial charge in [-0.2, -0.15) is 5.10 Å². The van der Waals surface area contributed by atoms with Gasteiger partial charge in [0, 0.05) is 32.7 Å². The van der Waals surface area contributed by atoms with Crippen LogP contribution in [0.15, 0.2) is 30.3 Å². The summed E-state index contributed by atoms with van der Waals surface area (Å²) in [4.78, 5) is 13.3. The van der Waals surface area contributed by atoms with Gasteiger partial charge in [-0.1, -0.05) is 30.3 Å². The highest BCUT2D eigenvalue weighted by atomic mass is 16.6. The maximum Gasteiger partial charge on any atom is 0.333 e. The lowest BCUT2D eigenvalue weighted by molar-refractivity contribution is -0.384. The Morgan fingerprint density at radius 1 is 1.29 bits per heavy atom. The van der Waals surface area contributed by atoms with Crippen LogP contribution in [-0.4, -0.2) is 38.7 Å². The Hall–Kier alpha value is -2.41. The van der Waals surface area contributed by atoms with E-state index in [0.717, 1.165) is 32.5 Å². The molecular weight excluding hydrogens is 306 g/mol. The van der Waals surface area contributed by atoms with Crippen molar-refractivity contribution in [3.8, 4) is 0 Å². The van der Waals surface area contributed by atoms with Crippen molar-refractivity contribution in [2.75, 3.05) is 18.4 Å². The van der Waals surface area contributed by atoms with Gasteiger partial charge in [0.1, 0.15) is 5.69 Å². The molecule has 3 rings (SSSR count). The fraction of sp³-hybridized carbons (Fsp3) is 0.471. The zero-order valence-electron chi connectivity index (χ0n) is 14.1. The summed E-state index contributed by atoms with van der Waals surface area (Å²) in [5.74, 6) is 0.513. The highest BCUT2D eigenvalue weighted by molar-refractivity contribution is 5.59. The molecule has 1 fully saturated rings. The Bertz CT molecular complexity index is 705. The Balaban J connectivity index is 1.59. The zero-order chi connectivity index (χ0) is 17.1. The Kier molecular flexibility index (Phi) is 4.80. The van der Waals surface area contributed by atoms with E-state index in [9.17, 15) is 10.1 Å². The van der Waals surface area contributed by atoms with Crippen LogP contribution in [0.2, 0.25) is 0 Å². The van der Waals surface area contributed by atoms with Gasteiger partial charge in [-0.05, 0) is 25.3 Å². The molecule has 0 saturated carbocycles. The van der Waals surface area contributed by atoms with Gasteiger partial charge in [-0.25, -0.2) is 4.68 Å². The molecule has 128 valence electrons. The summed E-state index contributed by atoms with van der Waals surface area (Å²) in [6.07, 6.45) is 1.93. The van der Waals surface area contributed by atoms with Crippen molar-refractivity contribution in [2.45, 2.75) is 32.4 Å². The highest BCUT2D eigenvalue weighted by Gasteiger charge is 2.27. The van der Waals surface area contributed by atoms with Crippen LogP contribution >= 0.6 is 0 Å². The maximum atomic E-state index is 11.3. The molecule has 1 aliphatic heterocycles. The molecule has 2 heterocycles. The number of piperidine rings is 1. The fourth-order valence-corrected chi connectivity index (χ4v) is 3.30. The van der Waals surface area contributed by atoms with Crippen LogP contribution in [0.25, 0.3) is 0 Å². The molecule has 1 N–H and O–H groups in total. The number of likely N-dealkylation sites (tertiary alicyclic amines) is 1. The molecule has 1 saturated heterocycles. The van der Waals surface area contributed by atoms with Crippen LogP contribution in [0.1, 0.15) is 24.1 Å². The molecule has 1 aromatic carbocycles. The number of aryl methyl sites for hydroxylation is 2. The van der Waals surface area contributed by atoms with Crippen LogP contribution < -0.4 is 5.32 Å². The first-order valence-electron chi connectivity index (χ1n) is 8.25. The average molecular weight is 329 g/mol. The van der Waals surface area contributed by atoms with Gasteiger partial charge in [-0.3, -0.25) is 15.0 Å². The molecule has 0 spiro atoms. The number of nitro groups is 1. The quantitative estimate of drug-likeness (QED) is 0.674. The molecule has 2 aromatic rings. The van der Waals surface area contributed by atoms with Gasteiger partial charge in [-0.15, -0.1) is 0 Å². The molecule has 7 nitrogen and oxygen atoms in total. The lowest BCUT2D eigenvalue weighted by Crippen LogP contribution is -2.39. The second-order valence-corrected chi connectivity index (χ2v) is 6.34. The lowest BCUT2D eigenvalue weighted by atomic mass is 10.0. The smallest absolute Gasteiger partial charge is 0.333 e. The van der Waals surface area contributed by atoms with E-state index in [0.29, 0.717) is 11.5 Å². The van der Waals surface area contributed by atoms with Gasteiger partial charge < -0.3 is 5.32 Å². The van der Waals surface area contributed by atoms with Gasteiger partial charge in [0.25, 0.3) is 0 Å². The van der Waals surface area contributed by atoms with E-state index in [1.807, 2.05) is 6.07 Å². The van der Waals surface area contributed by atoms with Crippen molar-refractivity contribution < 1.29 is 4.92 Å². The third-order valence-corrected chi connectivity index (χ3v) is 4.55. The van der Waals surface area contributed by atoms with Gasteiger partial charge >= 0.3 is 5.69 Å². The minimum absolute atomic E-state index is 0.0872. The van der Waals surface area contributed by atoms with Gasteiger partial charge in [0.15, 0.2) is 0 Å². The van der Waals surface area contributed by atoms with E-state index in [4.69, 9.17) is 0 Å². The first-order chi connectivity index (χ1) is 11.5. The third kappa shape index (κ3) is 3.56. The van der Waals surface area contributed by atoms with Crippen molar-refractivity contribution >= 4 is 11.5 Å². The minimum Gasteiger partial charge on any atom is -0.362 e. The van der Waals surface area contributed by atoms with Crippen molar-refractivity contribution in [1.82, 2.24) is 14.7 Å². The van der Waals surface area contributed by atoms with Crippen LogP contribution in [0.4, 0.5) is 11.5 Å². The summed E-state index contributed by atoms with van der Waals surface area (Å²) in [5, 5.41) is 18.8. The van der Waals surface area contributed by atoms with E-state index in [1.165, 1.54) is 5.56 Å². The van der Waals surface area contributed by atoms with Crippen molar-refractivity contribution in [3.63, 3.8) is 0 Å². The molecule has 0 amide bonds. The van der Waals surface area contributed by atoms with Crippen LogP contribution in [0.3, 0.4) is 0 Å². The van der Waals surface area contributed by atoms with E-state index >= 15 is 0 Å². The number of benzene rings is 1. The summed E-state index contributed by atoms with van der Waals surface area (Å²) in [6, 6.07) is 10.7. The van der Waals surface area contributed by atoms with E-state index in [-0.39, 0.29) is 16.7 Å². The van der Waals surface area contributed by atoms with Crippen molar-refractivity contribution in [2.24, 2.45) is 7.05 Å². The molecule has 1 aromatic heterocycles. The van der Waals surface area contributed by atoms with E-state index in [1.54, 1.807) is 18.7 Å². The van der Waals surface area contributed by atoms with Crippen molar-refractivity contribution in [3.05, 3.63) is 51.7 Å². The largest absolute Gasteiger partial charge is 0.362 e. The molecule has 24 heavy (non-hydrogen) atoms. The summed E-state index contributed by atoms with van der Waals surface area (Å²) in [6.45, 7) is 4.60.